The Morgan fingerprint density at radius 2 is 1.57 bits per heavy atom. The van der Waals surface area contributed by atoms with Crippen LogP contribution in [0, 0.1) is 5.92 Å². The van der Waals surface area contributed by atoms with Crippen LogP contribution in [0.25, 0.3) is 10.8 Å². The summed E-state index contributed by atoms with van der Waals surface area (Å²) in [6.45, 7) is 3.89. The molecule has 5 rings (SSSR count). The number of carbonyl (C=O) groups is 4. The Morgan fingerprint density at radius 1 is 0.950 bits per heavy atom. The van der Waals surface area contributed by atoms with Crippen LogP contribution in [-0.4, -0.2) is 52.3 Å². The number of hydrogen-bond acceptors (Lipinski definition) is 5. The number of carboxylic acids is 1. The van der Waals surface area contributed by atoms with E-state index in [4.69, 9.17) is 0 Å². The molecule has 1 aliphatic heterocycles. The van der Waals surface area contributed by atoms with E-state index < -0.39 is 29.9 Å². The summed E-state index contributed by atoms with van der Waals surface area (Å²) in [4.78, 5) is 53.0. The minimum atomic E-state index is -1.13. The fraction of sp³-hybridized carbons (Fsp3) is 0.375. The van der Waals surface area contributed by atoms with Crippen LogP contribution >= 0.6 is 0 Å². The Bertz CT molecular complexity index is 1410. The molecule has 8 nitrogen and oxygen atoms in total. The number of nitrogens with one attached hydrogen (secondary N) is 2. The number of amides is 3. The zero-order chi connectivity index (χ0) is 28.4. The molecule has 0 saturated carbocycles. The van der Waals surface area contributed by atoms with Crippen LogP contribution in [0.4, 0.5) is 0 Å². The summed E-state index contributed by atoms with van der Waals surface area (Å²) in [5.41, 5.74) is 2.99. The van der Waals surface area contributed by atoms with Gasteiger partial charge in [0, 0.05) is 6.54 Å². The van der Waals surface area contributed by atoms with Crippen molar-refractivity contribution in [1.29, 1.82) is 0 Å². The van der Waals surface area contributed by atoms with E-state index in [9.17, 15) is 24.3 Å². The lowest BCUT2D eigenvalue weighted by Gasteiger charge is -2.30. The van der Waals surface area contributed by atoms with Crippen LogP contribution in [-0.2, 0) is 16.0 Å². The van der Waals surface area contributed by atoms with E-state index >= 15 is 0 Å². The predicted molar refractivity (Wildman–Crippen MR) is 152 cm³/mol. The first kappa shape index (κ1) is 27.5. The number of hydrogen-bond donors (Lipinski definition) is 3. The largest absolute Gasteiger partial charge is 0.480 e. The molecule has 1 heterocycles. The van der Waals surface area contributed by atoms with Gasteiger partial charge in [0.15, 0.2) is 0 Å². The third-order valence-corrected chi connectivity index (χ3v) is 7.89. The second-order valence-corrected chi connectivity index (χ2v) is 11.2. The molecular weight excluding hydrogens is 506 g/mol. The molecule has 3 amide bonds. The number of fused-ring (bicyclic) bond motifs is 3. The molecule has 3 atom stereocenters. The fourth-order valence-corrected chi connectivity index (χ4v) is 5.86. The second-order valence-electron chi connectivity index (χ2n) is 11.2. The number of nitrogens with zero attached hydrogens (tertiary/aromatic N) is 1. The van der Waals surface area contributed by atoms with E-state index in [2.05, 4.69) is 16.7 Å². The third-order valence-electron chi connectivity index (χ3n) is 7.89. The van der Waals surface area contributed by atoms with Crippen molar-refractivity contribution in [2.75, 3.05) is 6.54 Å². The molecule has 3 N–H and O–H groups in total. The van der Waals surface area contributed by atoms with E-state index in [-0.39, 0.29) is 30.8 Å². The van der Waals surface area contributed by atoms with Crippen molar-refractivity contribution in [2.24, 2.45) is 5.92 Å². The number of rotatable bonds is 10. The van der Waals surface area contributed by atoms with Crippen molar-refractivity contribution in [1.82, 2.24) is 15.5 Å². The molecule has 0 aromatic heterocycles. The van der Waals surface area contributed by atoms with E-state index in [1.807, 2.05) is 56.3 Å². The Hall–Kier alpha value is -4.04. The van der Waals surface area contributed by atoms with Crippen LogP contribution in [0.1, 0.15) is 77.4 Å². The zero-order valence-electron chi connectivity index (χ0n) is 22.9. The summed E-state index contributed by atoms with van der Waals surface area (Å²) in [6.07, 6.45) is 3.20. The van der Waals surface area contributed by atoms with E-state index in [0.29, 0.717) is 17.5 Å². The molecule has 1 aliphatic carbocycles. The van der Waals surface area contributed by atoms with Gasteiger partial charge in [-0.3, -0.25) is 29.4 Å². The Morgan fingerprint density at radius 3 is 2.20 bits per heavy atom. The summed E-state index contributed by atoms with van der Waals surface area (Å²) in [5, 5.41) is 17.9. The minimum absolute atomic E-state index is 0.0194. The van der Waals surface area contributed by atoms with E-state index in [1.165, 1.54) is 5.56 Å². The van der Waals surface area contributed by atoms with Crippen molar-refractivity contribution in [3.63, 3.8) is 0 Å². The van der Waals surface area contributed by atoms with Gasteiger partial charge in [-0.2, -0.15) is 0 Å². The van der Waals surface area contributed by atoms with Gasteiger partial charge in [-0.15, -0.1) is 0 Å². The lowest BCUT2D eigenvalue weighted by atomic mass is 9.87. The second kappa shape index (κ2) is 11.6. The minimum Gasteiger partial charge on any atom is -0.480 e. The molecule has 3 aromatic rings. The molecule has 0 spiro atoms. The standard InChI is InChI=1S/C32H35N3O5/c1-19(2)16-28(29(36)34-26-13-7-11-20-8-5-6-12-23(20)26)33-27(32(39)40)14-15-35-30(37)24-17-21-9-3-4-10-22(21)18-25(24)31(35)38/h3-6,8-10,12,17-19,26-28,33H,7,11,13-16H2,1-2H3,(H,34,36)(H,39,40)/t26-,27?,28+/m0/s1. The number of benzene rings is 3. The van der Waals surface area contributed by atoms with Gasteiger partial charge in [-0.25, -0.2) is 0 Å². The van der Waals surface area contributed by atoms with Crippen molar-refractivity contribution in [3.8, 4) is 0 Å². The predicted octanol–water partition coefficient (Wildman–Crippen LogP) is 4.48. The van der Waals surface area contributed by atoms with Gasteiger partial charge in [0.25, 0.3) is 11.8 Å². The van der Waals surface area contributed by atoms with Crippen LogP contribution in [0.2, 0.25) is 0 Å². The third kappa shape index (κ3) is 5.63. The van der Waals surface area contributed by atoms with E-state index in [0.717, 1.165) is 40.5 Å². The smallest absolute Gasteiger partial charge is 0.320 e. The number of aliphatic carboxylic acids is 1. The molecule has 0 fully saturated rings. The maximum absolute atomic E-state index is 13.5. The molecular formula is C32H35N3O5. The van der Waals surface area contributed by atoms with Gasteiger partial charge in [-0.1, -0.05) is 62.4 Å². The number of aryl methyl sites for hydroxylation is 1. The first-order valence-electron chi connectivity index (χ1n) is 14.0. The maximum atomic E-state index is 13.5. The van der Waals surface area contributed by atoms with E-state index in [1.54, 1.807) is 12.1 Å². The number of carbonyl (C=O) groups excluding carboxylic acids is 3. The summed E-state index contributed by atoms with van der Waals surface area (Å²) in [5.74, 6) is -2.09. The highest BCUT2D eigenvalue weighted by Crippen LogP contribution is 2.30. The summed E-state index contributed by atoms with van der Waals surface area (Å²) in [7, 11) is 0. The highest BCUT2D eigenvalue weighted by atomic mass is 16.4. The van der Waals surface area contributed by atoms with Crippen LogP contribution in [0.15, 0.2) is 60.7 Å². The topological polar surface area (TPSA) is 116 Å². The van der Waals surface area contributed by atoms with Gasteiger partial charge >= 0.3 is 5.97 Å². The number of carboxylic acid groups (broad SMARTS) is 1. The monoisotopic (exact) mass is 541 g/mol. The quantitative estimate of drug-likeness (QED) is 0.326. The van der Waals surface area contributed by atoms with Crippen LogP contribution < -0.4 is 10.6 Å². The molecule has 208 valence electrons. The highest BCUT2D eigenvalue weighted by Gasteiger charge is 2.37. The average molecular weight is 542 g/mol. The lowest BCUT2D eigenvalue weighted by molar-refractivity contribution is -0.140. The molecule has 0 radical (unpaired) electrons. The van der Waals surface area contributed by atoms with Crippen molar-refractivity contribution < 1.29 is 24.3 Å². The molecule has 0 bridgehead atoms. The normalized spacial score (nSPS) is 18.0. The Labute approximate surface area is 233 Å². The maximum Gasteiger partial charge on any atom is 0.320 e. The first-order valence-corrected chi connectivity index (χ1v) is 14.0. The number of imide groups is 1. The average Bonchev–Trinajstić information content (AvgIpc) is 3.17. The SMILES string of the molecule is CC(C)C[C@@H](NC(CCN1C(=O)c2cc3ccccc3cc2C1=O)C(=O)O)C(=O)N[C@H]1CCCc2ccccc21. The van der Waals surface area contributed by atoms with Crippen LogP contribution in [0.3, 0.4) is 0 Å². The fourth-order valence-electron chi connectivity index (χ4n) is 5.86. The zero-order valence-corrected chi connectivity index (χ0v) is 22.9. The van der Waals surface area contributed by atoms with Crippen molar-refractivity contribution >= 4 is 34.5 Å². The van der Waals surface area contributed by atoms with Gasteiger partial charge < -0.3 is 10.4 Å². The van der Waals surface area contributed by atoms with Gasteiger partial charge in [0.1, 0.15) is 6.04 Å². The highest BCUT2D eigenvalue weighted by molar-refractivity contribution is 6.23. The van der Waals surface area contributed by atoms with Gasteiger partial charge in [0.05, 0.1) is 23.2 Å². The molecule has 2 aliphatic rings. The van der Waals surface area contributed by atoms with Gasteiger partial charge in [-0.05, 0) is 72.1 Å². The molecule has 0 saturated heterocycles. The lowest BCUT2D eigenvalue weighted by Crippen LogP contribution is -2.53. The van der Waals surface area contributed by atoms with Crippen molar-refractivity contribution in [3.05, 3.63) is 82.9 Å². The summed E-state index contributed by atoms with van der Waals surface area (Å²) < 4.78 is 0. The molecule has 40 heavy (non-hydrogen) atoms. The Kier molecular flexibility index (Phi) is 7.98. The van der Waals surface area contributed by atoms with Crippen molar-refractivity contribution in [2.45, 2.75) is 64.1 Å². The Balaban J connectivity index is 1.28. The summed E-state index contributed by atoms with van der Waals surface area (Å²) >= 11 is 0. The first-order chi connectivity index (χ1) is 19.2. The molecule has 3 aromatic carbocycles. The van der Waals surface area contributed by atoms with Gasteiger partial charge in [0.2, 0.25) is 5.91 Å². The van der Waals surface area contributed by atoms with Crippen LogP contribution in [0.5, 0.6) is 0 Å². The molecule has 1 unspecified atom stereocenters. The molecule has 8 heteroatoms. The summed E-state index contributed by atoms with van der Waals surface area (Å²) in [6, 6.07) is 17.0.